The van der Waals surface area contributed by atoms with Crippen molar-refractivity contribution in [2.24, 2.45) is 0 Å². The lowest BCUT2D eigenvalue weighted by molar-refractivity contribution is 0.571. The lowest BCUT2D eigenvalue weighted by atomic mass is 10.0. The number of halogens is 1. The summed E-state index contributed by atoms with van der Waals surface area (Å²) in [6.45, 7) is 3.90. The highest BCUT2D eigenvalue weighted by Gasteiger charge is 2.13. The zero-order valence-electron chi connectivity index (χ0n) is 10.8. The molecule has 1 heterocycles. The van der Waals surface area contributed by atoms with Crippen molar-refractivity contribution in [1.82, 2.24) is 10.3 Å². The van der Waals surface area contributed by atoms with E-state index in [0.717, 1.165) is 28.2 Å². The Morgan fingerprint density at radius 2 is 2.11 bits per heavy atom. The molecule has 18 heavy (non-hydrogen) atoms. The van der Waals surface area contributed by atoms with Crippen LogP contribution < -0.4 is 5.32 Å². The molecule has 0 aliphatic rings. The van der Waals surface area contributed by atoms with Gasteiger partial charge in [-0.25, -0.2) is 9.37 Å². The van der Waals surface area contributed by atoms with E-state index in [1.807, 2.05) is 27.0 Å². The molecule has 1 aromatic carbocycles. The summed E-state index contributed by atoms with van der Waals surface area (Å²) in [5.74, 6) is -0.181. The quantitative estimate of drug-likeness (QED) is 0.915. The molecule has 0 amide bonds. The van der Waals surface area contributed by atoms with Gasteiger partial charge >= 0.3 is 0 Å². The van der Waals surface area contributed by atoms with Crippen LogP contribution in [0.3, 0.4) is 0 Å². The molecule has 2 aromatic rings. The van der Waals surface area contributed by atoms with Crippen LogP contribution in [0.4, 0.5) is 4.39 Å². The third kappa shape index (κ3) is 3.15. The lowest BCUT2D eigenvalue weighted by Crippen LogP contribution is -2.19. The van der Waals surface area contributed by atoms with Crippen molar-refractivity contribution in [2.75, 3.05) is 7.05 Å². The monoisotopic (exact) mass is 264 g/mol. The minimum atomic E-state index is -0.181. The van der Waals surface area contributed by atoms with Gasteiger partial charge in [-0.2, -0.15) is 0 Å². The molecule has 1 unspecified atom stereocenters. The summed E-state index contributed by atoms with van der Waals surface area (Å²) in [6, 6.07) is 5.25. The minimum Gasteiger partial charge on any atom is -0.313 e. The van der Waals surface area contributed by atoms with Crippen LogP contribution in [0, 0.1) is 19.7 Å². The number of hydrogen-bond acceptors (Lipinski definition) is 3. The summed E-state index contributed by atoms with van der Waals surface area (Å²) < 4.78 is 13.4. The van der Waals surface area contributed by atoms with Gasteiger partial charge in [0, 0.05) is 17.8 Å². The van der Waals surface area contributed by atoms with Crippen molar-refractivity contribution in [3.05, 3.63) is 51.2 Å². The summed E-state index contributed by atoms with van der Waals surface area (Å²) in [7, 11) is 1.89. The number of nitrogens with one attached hydrogen (secondary N) is 1. The highest BCUT2D eigenvalue weighted by molar-refractivity contribution is 7.09. The van der Waals surface area contributed by atoms with E-state index in [0.29, 0.717) is 0 Å². The summed E-state index contributed by atoms with van der Waals surface area (Å²) in [5, 5.41) is 6.35. The molecule has 0 saturated heterocycles. The molecule has 96 valence electrons. The van der Waals surface area contributed by atoms with E-state index in [-0.39, 0.29) is 11.9 Å². The Kier molecular flexibility index (Phi) is 4.09. The number of thiazole rings is 1. The van der Waals surface area contributed by atoms with Crippen LogP contribution in [0.5, 0.6) is 0 Å². The van der Waals surface area contributed by atoms with Gasteiger partial charge < -0.3 is 5.32 Å². The Balaban J connectivity index is 2.22. The zero-order chi connectivity index (χ0) is 13.1. The van der Waals surface area contributed by atoms with E-state index in [1.54, 1.807) is 23.5 Å². The Morgan fingerprint density at radius 1 is 1.33 bits per heavy atom. The average molecular weight is 264 g/mol. The molecular formula is C14H17FN2S. The molecule has 2 rings (SSSR count). The molecule has 0 aliphatic heterocycles. The predicted molar refractivity (Wildman–Crippen MR) is 73.5 cm³/mol. The molecule has 0 saturated carbocycles. The molecule has 0 bridgehead atoms. The molecular weight excluding hydrogens is 247 g/mol. The number of aryl methyl sites for hydroxylation is 2. The van der Waals surface area contributed by atoms with E-state index >= 15 is 0 Å². The van der Waals surface area contributed by atoms with Crippen LogP contribution in [0.15, 0.2) is 23.6 Å². The zero-order valence-corrected chi connectivity index (χ0v) is 11.6. The number of hydrogen-bond donors (Lipinski definition) is 1. The summed E-state index contributed by atoms with van der Waals surface area (Å²) in [6.07, 6.45) is 0.781. The Labute approximate surface area is 111 Å². The van der Waals surface area contributed by atoms with Crippen LogP contribution in [-0.2, 0) is 6.42 Å². The van der Waals surface area contributed by atoms with E-state index < -0.39 is 0 Å². The smallest absolute Gasteiger partial charge is 0.123 e. The highest BCUT2D eigenvalue weighted by Crippen LogP contribution is 2.21. The highest BCUT2D eigenvalue weighted by atomic mass is 32.1. The number of aromatic nitrogens is 1. The molecule has 0 spiro atoms. The second kappa shape index (κ2) is 5.59. The van der Waals surface area contributed by atoms with E-state index in [4.69, 9.17) is 0 Å². The van der Waals surface area contributed by atoms with Gasteiger partial charge in [-0.15, -0.1) is 11.3 Å². The largest absolute Gasteiger partial charge is 0.313 e. The van der Waals surface area contributed by atoms with Crippen molar-refractivity contribution in [1.29, 1.82) is 0 Å². The minimum absolute atomic E-state index is 0.0981. The summed E-state index contributed by atoms with van der Waals surface area (Å²) in [4.78, 5) is 4.45. The Hall–Kier alpha value is -1.26. The van der Waals surface area contributed by atoms with Crippen molar-refractivity contribution < 1.29 is 4.39 Å². The fraction of sp³-hybridized carbons (Fsp3) is 0.357. The van der Waals surface area contributed by atoms with Crippen LogP contribution in [-0.4, -0.2) is 12.0 Å². The maximum atomic E-state index is 13.4. The molecule has 0 aliphatic carbocycles. The van der Waals surface area contributed by atoms with Gasteiger partial charge in [-0.05, 0) is 44.2 Å². The first-order valence-corrected chi connectivity index (χ1v) is 6.82. The van der Waals surface area contributed by atoms with Crippen LogP contribution in [0.2, 0.25) is 0 Å². The molecule has 0 radical (unpaired) electrons. The number of rotatable bonds is 4. The maximum absolute atomic E-state index is 13.4. The van der Waals surface area contributed by atoms with Crippen molar-refractivity contribution >= 4 is 11.3 Å². The third-order valence-corrected chi connectivity index (χ3v) is 3.72. The average Bonchev–Trinajstić information content (AvgIpc) is 2.70. The number of nitrogens with zero attached hydrogens (tertiary/aromatic N) is 1. The summed E-state index contributed by atoms with van der Waals surface area (Å²) >= 11 is 1.65. The van der Waals surface area contributed by atoms with Crippen molar-refractivity contribution in [3.63, 3.8) is 0 Å². The van der Waals surface area contributed by atoms with Crippen LogP contribution in [0.1, 0.15) is 27.9 Å². The second-order valence-corrected chi connectivity index (χ2v) is 5.53. The van der Waals surface area contributed by atoms with Gasteiger partial charge in [-0.3, -0.25) is 0 Å². The van der Waals surface area contributed by atoms with E-state index in [1.165, 1.54) is 0 Å². The first kappa shape index (κ1) is 13.2. The Morgan fingerprint density at radius 3 is 2.67 bits per heavy atom. The van der Waals surface area contributed by atoms with Crippen LogP contribution >= 0.6 is 11.3 Å². The summed E-state index contributed by atoms with van der Waals surface area (Å²) in [5.41, 5.74) is 2.97. The maximum Gasteiger partial charge on any atom is 0.123 e. The van der Waals surface area contributed by atoms with Crippen molar-refractivity contribution in [2.45, 2.75) is 26.3 Å². The topological polar surface area (TPSA) is 24.9 Å². The van der Waals surface area contributed by atoms with E-state index in [9.17, 15) is 4.39 Å². The standard InChI is InChI=1S/C14H17FN2S/c1-9-4-11(6-12(15)5-9)14(16-3)7-13-8-18-10(2)17-13/h4-6,8,14,16H,7H2,1-3H3. The third-order valence-electron chi connectivity index (χ3n) is 2.90. The van der Waals surface area contributed by atoms with Gasteiger partial charge in [0.05, 0.1) is 10.7 Å². The van der Waals surface area contributed by atoms with Gasteiger partial charge in [0.25, 0.3) is 0 Å². The Bertz CT molecular complexity index is 516. The van der Waals surface area contributed by atoms with Gasteiger partial charge in [0.1, 0.15) is 5.82 Å². The normalized spacial score (nSPS) is 12.7. The molecule has 1 atom stereocenters. The number of likely N-dealkylation sites (N-methyl/N-ethyl adjacent to an activating group) is 1. The van der Waals surface area contributed by atoms with Crippen molar-refractivity contribution in [3.8, 4) is 0 Å². The van der Waals surface area contributed by atoms with Crippen LogP contribution in [0.25, 0.3) is 0 Å². The van der Waals surface area contributed by atoms with E-state index in [2.05, 4.69) is 15.7 Å². The molecule has 1 aromatic heterocycles. The molecule has 1 N–H and O–H groups in total. The first-order valence-electron chi connectivity index (χ1n) is 5.94. The van der Waals surface area contributed by atoms with Gasteiger partial charge in [0.2, 0.25) is 0 Å². The van der Waals surface area contributed by atoms with Gasteiger partial charge in [-0.1, -0.05) is 6.07 Å². The molecule has 0 fully saturated rings. The molecule has 2 nitrogen and oxygen atoms in total. The SMILES string of the molecule is CNC(Cc1csc(C)n1)c1cc(C)cc(F)c1. The fourth-order valence-electron chi connectivity index (χ4n) is 2.06. The second-order valence-electron chi connectivity index (χ2n) is 4.47. The fourth-order valence-corrected chi connectivity index (χ4v) is 2.69. The molecule has 4 heteroatoms. The lowest BCUT2D eigenvalue weighted by Gasteiger charge is -2.16. The van der Waals surface area contributed by atoms with Gasteiger partial charge in [0.15, 0.2) is 0 Å². The first-order chi connectivity index (χ1) is 8.58. The number of benzene rings is 1. The predicted octanol–water partition coefficient (Wildman–Crippen LogP) is 3.40.